The highest BCUT2D eigenvalue weighted by molar-refractivity contribution is 5.87. The lowest BCUT2D eigenvalue weighted by Crippen LogP contribution is -2.14. The molecule has 0 fully saturated rings. The van der Waals surface area contributed by atoms with Gasteiger partial charge < -0.3 is 9.47 Å². The van der Waals surface area contributed by atoms with Crippen LogP contribution < -0.4 is 0 Å². The highest BCUT2D eigenvalue weighted by Crippen LogP contribution is 1.94. The quantitative estimate of drug-likeness (QED) is 0.315. The Kier molecular flexibility index (Phi) is 11.6. The van der Waals surface area contributed by atoms with Crippen LogP contribution in [0.2, 0.25) is 0 Å². The number of allylic oxidation sites excluding steroid dienone is 2. The van der Waals surface area contributed by atoms with Gasteiger partial charge in [-0.15, -0.1) is 0 Å². The van der Waals surface area contributed by atoms with E-state index in [0.29, 0.717) is 11.1 Å². The molecule has 0 aromatic rings. The SMILES string of the molecule is C=C(C)C(=O)OCCOC(=O)C(=C)C.C=CC=C. The topological polar surface area (TPSA) is 52.6 Å². The third kappa shape index (κ3) is 12.0. The van der Waals surface area contributed by atoms with Crippen LogP contribution in [0.25, 0.3) is 0 Å². The van der Waals surface area contributed by atoms with Crippen molar-refractivity contribution in [3.05, 3.63) is 49.6 Å². The molecular weight excluding hydrogens is 232 g/mol. The highest BCUT2D eigenvalue weighted by atomic mass is 16.6. The van der Waals surface area contributed by atoms with Gasteiger partial charge in [0.25, 0.3) is 0 Å². The molecule has 0 heterocycles. The van der Waals surface area contributed by atoms with Crippen LogP contribution in [-0.4, -0.2) is 25.2 Å². The van der Waals surface area contributed by atoms with Gasteiger partial charge in [0.2, 0.25) is 0 Å². The summed E-state index contributed by atoms with van der Waals surface area (Å²) in [6, 6.07) is 0. The third-order valence-electron chi connectivity index (χ3n) is 1.41. The molecule has 0 spiro atoms. The smallest absolute Gasteiger partial charge is 0.333 e. The first-order chi connectivity index (χ1) is 8.36. The van der Waals surface area contributed by atoms with Crippen LogP contribution in [0, 0.1) is 0 Å². The summed E-state index contributed by atoms with van der Waals surface area (Å²) in [5, 5.41) is 0. The summed E-state index contributed by atoms with van der Waals surface area (Å²) < 4.78 is 9.38. The molecule has 0 aliphatic carbocycles. The Morgan fingerprint density at radius 2 is 1.17 bits per heavy atom. The molecular formula is C14H20O4. The van der Waals surface area contributed by atoms with Gasteiger partial charge in [0.1, 0.15) is 13.2 Å². The van der Waals surface area contributed by atoms with E-state index < -0.39 is 11.9 Å². The minimum absolute atomic E-state index is 0.0325. The van der Waals surface area contributed by atoms with E-state index in [9.17, 15) is 9.59 Å². The van der Waals surface area contributed by atoms with Crippen LogP contribution in [0.3, 0.4) is 0 Å². The van der Waals surface area contributed by atoms with Crippen LogP contribution in [0.1, 0.15) is 13.8 Å². The Bertz CT molecular complexity index is 306. The zero-order valence-corrected chi connectivity index (χ0v) is 11.0. The molecule has 0 rings (SSSR count). The minimum atomic E-state index is -0.489. The van der Waals surface area contributed by atoms with Crippen molar-refractivity contribution in [1.29, 1.82) is 0 Å². The summed E-state index contributed by atoms with van der Waals surface area (Å²) in [4.78, 5) is 21.7. The van der Waals surface area contributed by atoms with E-state index >= 15 is 0 Å². The molecule has 0 saturated carbocycles. The summed E-state index contributed by atoms with van der Waals surface area (Å²) >= 11 is 0. The lowest BCUT2D eigenvalue weighted by atomic mass is 10.4. The van der Waals surface area contributed by atoms with E-state index in [0.717, 1.165) is 0 Å². The lowest BCUT2D eigenvalue weighted by Gasteiger charge is -2.05. The Morgan fingerprint density at radius 1 is 0.889 bits per heavy atom. The second-order valence-corrected chi connectivity index (χ2v) is 3.30. The summed E-state index contributed by atoms with van der Waals surface area (Å²) in [5.41, 5.74) is 0.632. The Hall–Kier alpha value is -2.10. The van der Waals surface area contributed by atoms with E-state index in [2.05, 4.69) is 35.8 Å². The molecule has 0 atom stereocenters. The van der Waals surface area contributed by atoms with E-state index in [1.165, 1.54) is 0 Å². The fraction of sp³-hybridized carbons (Fsp3) is 0.286. The summed E-state index contributed by atoms with van der Waals surface area (Å²) in [7, 11) is 0. The molecule has 0 aromatic heterocycles. The third-order valence-corrected chi connectivity index (χ3v) is 1.41. The van der Waals surface area contributed by atoms with E-state index in [1.807, 2.05) is 0 Å². The van der Waals surface area contributed by atoms with Gasteiger partial charge in [-0.2, -0.15) is 0 Å². The average molecular weight is 252 g/mol. The van der Waals surface area contributed by atoms with Crippen molar-refractivity contribution in [3.8, 4) is 0 Å². The fourth-order valence-corrected chi connectivity index (χ4v) is 0.515. The summed E-state index contributed by atoms with van der Waals surface area (Å²) in [6.07, 6.45) is 3.28. The molecule has 4 nitrogen and oxygen atoms in total. The largest absolute Gasteiger partial charge is 0.459 e. The van der Waals surface area contributed by atoms with E-state index in [1.54, 1.807) is 26.0 Å². The minimum Gasteiger partial charge on any atom is -0.459 e. The van der Waals surface area contributed by atoms with E-state index in [4.69, 9.17) is 0 Å². The van der Waals surface area contributed by atoms with Gasteiger partial charge in [-0.25, -0.2) is 9.59 Å². The maximum absolute atomic E-state index is 10.8. The van der Waals surface area contributed by atoms with Crippen molar-refractivity contribution in [2.75, 3.05) is 13.2 Å². The highest BCUT2D eigenvalue weighted by Gasteiger charge is 2.05. The Morgan fingerprint density at radius 3 is 1.33 bits per heavy atom. The first-order valence-electron chi connectivity index (χ1n) is 5.25. The van der Waals surface area contributed by atoms with Crippen LogP contribution in [-0.2, 0) is 19.1 Å². The van der Waals surface area contributed by atoms with Crippen LogP contribution in [0.5, 0.6) is 0 Å². The molecule has 0 amide bonds. The Balaban J connectivity index is 0. The molecule has 0 N–H and O–H groups in total. The summed E-state index contributed by atoms with van der Waals surface area (Å²) in [6.45, 7) is 16.7. The van der Waals surface area contributed by atoms with Crippen molar-refractivity contribution in [2.45, 2.75) is 13.8 Å². The van der Waals surface area contributed by atoms with Gasteiger partial charge in [-0.05, 0) is 13.8 Å². The molecule has 0 bridgehead atoms. The Labute approximate surface area is 108 Å². The maximum atomic E-state index is 10.8. The molecule has 0 radical (unpaired) electrons. The monoisotopic (exact) mass is 252 g/mol. The van der Waals surface area contributed by atoms with Crippen molar-refractivity contribution < 1.29 is 19.1 Å². The second kappa shape index (κ2) is 11.4. The first kappa shape index (κ1) is 18.3. The zero-order valence-electron chi connectivity index (χ0n) is 11.0. The average Bonchev–Trinajstić information content (AvgIpc) is 2.33. The van der Waals surface area contributed by atoms with Crippen molar-refractivity contribution in [2.24, 2.45) is 0 Å². The molecule has 100 valence electrons. The number of carbonyl (C=O) groups excluding carboxylic acids is 2. The number of hydrogen-bond donors (Lipinski definition) is 0. The van der Waals surface area contributed by atoms with Crippen LogP contribution in [0.15, 0.2) is 49.6 Å². The van der Waals surface area contributed by atoms with Gasteiger partial charge in [-0.3, -0.25) is 0 Å². The molecule has 0 unspecified atom stereocenters. The summed E-state index contributed by atoms with van der Waals surface area (Å²) in [5.74, 6) is -0.979. The lowest BCUT2D eigenvalue weighted by molar-refractivity contribution is -0.147. The molecule has 18 heavy (non-hydrogen) atoms. The van der Waals surface area contributed by atoms with Gasteiger partial charge in [0.15, 0.2) is 0 Å². The first-order valence-corrected chi connectivity index (χ1v) is 5.25. The van der Waals surface area contributed by atoms with Crippen molar-refractivity contribution in [3.63, 3.8) is 0 Å². The van der Waals surface area contributed by atoms with Gasteiger partial charge >= 0.3 is 11.9 Å². The molecule has 0 aliphatic rings. The normalized spacial score (nSPS) is 8.11. The van der Waals surface area contributed by atoms with Crippen LogP contribution >= 0.6 is 0 Å². The van der Waals surface area contributed by atoms with Gasteiger partial charge in [0.05, 0.1) is 0 Å². The fourth-order valence-electron chi connectivity index (χ4n) is 0.515. The number of carbonyl (C=O) groups is 2. The maximum Gasteiger partial charge on any atom is 0.333 e. The molecule has 4 heteroatoms. The zero-order chi connectivity index (χ0) is 14.6. The van der Waals surface area contributed by atoms with Gasteiger partial charge in [-0.1, -0.05) is 38.5 Å². The molecule has 0 aromatic carbocycles. The number of esters is 2. The van der Waals surface area contributed by atoms with Crippen molar-refractivity contribution in [1.82, 2.24) is 0 Å². The van der Waals surface area contributed by atoms with E-state index in [-0.39, 0.29) is 13.2 Å². The number of ether oxygens (including phenoxy) is 2. The molecule has 0 saturated heterocycles. The number of rotatable bonds is 6. The number of hydrogen-bond acceptors (Lipinski definition) is 4. The second-order valence-electron chi connectivity index (χ2n) is 3.30. The van der Waals surface area contributed by atoms with Gasteiger partial charge in [0, 0.05) is 11.1 Å². The molecule has 0 aliphatic heterocycles. The van der Waals surface area contributed by atoms with Crippen molar-refractivity contribution >= 4 is 11.9 Å². The predicted octanol–water partition coefficient (Wildman–Crippen LogP) is 2.58. The predicted molar refractivity (Wildman–Crippen MR) is 71.9 cm³/mol. The van der Waals surface area contributed by atoms with Crippen LogP contribution in [0.4, 0.5) is 0 Å². The standard InChI is InChI=1S/C10H14O4.C4H6/c1-7(2)9(11)13-5-6-14-10(12)8(3)4;1-3-4-2/h1,3,5-6H2,2,4H3;3-4H,1-2H2.